The summed E-state index contributed by atoms with van der Waals surface area (Å²) >= 11 is 0. The molecule has 0 spiro atoms. The molecule has 0 aliphatic heterocycles. The van der Waals surface area contributed by atoms with Gasteiger partial charge in [0.25, 0.3) is 6.43 Å². The summed E-state index contributed by atoms with van der Waals surface area (Å²) in [4.78, 5) is 10.3. The molecule has 70 valence electrons. The smallest absolute Gasteiger partial charge is 0.267 e. The fourth-order valence-corrected chi connectivity index (χ4v) is 0.981. The van der Waals surface area contributed by atoms with E-state index in [1.165, 1.54) is 25.3 Å². The Labute approximate surface area is 74.1 Å². The number of methoxy groups -OCH3 is 1. The van der Waals surface area contributed by atoms with Gasteiger partial charge in [0.15, 0.2) is 0 Å². The van der Waals surface area contributed by atoms with Crippen molar-refractivity contribution in [3.63, 3.8) is 0 Å². The highest BCUT2D eigenvalue weighted by Crippen LogP contribution is 2.29. The van der Waals surface area contributed by atoms with Gasteiger partial charge in [-0.25, -0.2) is 8.78 Å². The van der Waals surface area contributed by atoms with Gasteiger partial charge in [-0.15, -0.1) is 0 Å². The second kappa shape index (κ2) is 3.98. The first-order chi connectivity index (χ1) is 6.19. The van der Waals surface area contributed by atoms with Crippen LogP contribution < -0.4 is 4.74 Å². The molecule has 0 saturated heterocycles. The minimum Gasteiger partial charge on any atom is -0.496 e. The molecule has 0 bridgehead atoms. The summed E-state index contributed by atoms with van der Waals surface area (Å²) in [6, 6.07) is 3.80. The Morgan fingerprint density at radius 2 is 2.15 bits per heavy atom. The molecule has 0 atom stereocenters. The number of alkyl halides is 2. The maximum absolute atomic E-state index is 12.3. The molecule has 0 saturated carbocycles. The number of rotatable bonds is 3. The average molecular weight is 186 g/mol. The van der Waals surface area contributed by atoms with E-state index in [1.807, 2.05) is 0 Å². The fourth-order valence-electron chi connectivity index (χ4n) is 0.981. The van der Waals surface area contributed by atoms with E-state index in [-0.39, 0.29) is 11.3 Å². The van der Waals surface area contributed by atoms with Crippen molar-refractivity contribution in [3.05, 3.63) is 29.3 Å². The molecule has 0 aromatic heterocycles. The summed E-state index contributed by atoms with van der Waals surface area (Å²) in [5.41, 5.74) is 0.120. The van der Waals surface area contributed by atoms with E-state index in [2.05, 4.69) is 0 Å². The number of carbonyl (C=O) groups is 1. The molecule has 0 N–H and O–H groups in total. The monoisotopic (exact) mass is 186 g/mol. The average Bonchev–Trinajstić information content (AvgIpc) is 2.16. The lowest BCUT2D eigenvalue weighted by Gasteiger charge is -2.07. The molecule has 13 heavy (non-hydrogen) atoms. The Hall–Kier alpha value is -1.45. The number of hydrogen-bond acceptors (Lipinski definition) is 2. The van der Waals surface area contributed by atoms with Gasteiger partial charge in [-0.05, 0) is 12.1 Å². The van der Waals surface area contributed by atoms with Gasteiger partial charge in [-0.3, -0.25) is 4.79 Å². The van der Waals surface area contributed by atoms with Crippen LogP contribution in [-0.2, 0) is 0 Å². The van der Waals surface area contributed by atoms with Crippen LogP contribution in [0.4, 0.5) is 8.78 Å². The molecular weight excluding hydrogens is 178 g/mol. The number of benzene rings is 1. The molecule has 2 nitrogen and oxygen atoms in total. The van der Waals surface area contributed by atoms with Crippen molar-refractivity contribution in [2.45, 2.75) is 6.43 Å². The lowest BCUT2D eigenvalue weighted by atomic mass is 10.1. The van der Waals surface area contributed by atoms with Gasteiger partial charge >= 0.3 is 0 Å². The normalized spacial score (nSPS) is 10.2. The summed E-state index contributed by atoms with van der Waals surface area (Å²) in [5, 5.41) is 0. The van der Waals surface area contributed by atoms with E-state index in [0.29, 0.717) is 11.8 Å². The van der Waals surface area contributed by atoms with Gasteiger partial charge in [-0.2, -0.15) is 0 Å². The first-order valence-electron chi connectivity index (χ1n) is 3.60. The third kappa shape index (κ3) is 2.02. The standard InChI is InChI=1S/C9H8F2O2/c1-13-8-4-6(5-12)2-3-7(8)9(10)11/h2-5,9H,1H3. The van der Waals surface area contributed by atoms with Gasteiger partial charge in [0, 0.05) is 5.56 Å². The maximum Gasteiger partial charge on any atom is 0.267 e. The van der Waals surface area contributed by atoms with Crippen molar-refractivity contribution in [3.8, 4) is 5.75 Å². The van der Waals surface area contributed by atoms with Crippen LogP contribution in [0.25, 0.3) is 0 Å². The zero-order valence-corrected chi connectivity index (χ0v) is 6.96. The lowest BCUT2D eigenvalue weighted by molar-refractivity contribution is 0.112. The van der Waals surface area contributed by atoms with Crippen molar-refractivity contribution in [2.75, 3.05) is 7.11 Å². The minimum absolute atomic E-state index is 0.0413. The molecular formula is C9H8F2O2. The van der Waals surface area contributed by atoms with Crippen molar-refractivity contribution in [2.24, 2.45) is 0 Å². The fraction of sp³-hybridized carbons (Fsp3) is 0.222. The maximum atomic E-state index is 12.3. The van der Waals surface area contributed by atoms with Crippen molar-refractivity contribution >= 4 is 6.29 Å². The molecule has 1 aromatic rings. The van der Waals surface area contributed by atoms with Crippen LogP contribution in [0.5, 0.6) is 5.75 Å². The first kappa shape index (κ1) is 9.64. The SMILES string of the molecule is COc1cc(C=O)ccc1C(F)F. The topological polar surface area (TPSA) is 26.3 Å². The van der Waals surface area contributed by atoms with Crippen molar-refractivity contribution in [1.29, 1.82) is 0 Å². The molecule has 0 fully saturated rings. The number of carbonyl (C=O) groups excluding carboxylic acids is 1. The molecule has 0 aliphatic carbocycles. The zero-order valence-electron chi connectivity index (χ0n) is 6.96. The molecule has 0 radical (unpaired) electrons. The van der Waals surface area contributed by atoms with Crippen LogP contribution in [0.15, 0.2) is 18.2 Å². The Kier molecular flexibility index (Phi) is 2.95. The van der Waals surface area contributed by atoms with E-state index in [0.717, 1.165) is 0 Å². The molecule has 0 aliphatic rings. The van der Waals surface area contributed by atoms with Crippen LogP contribution >= 0.6 is 0 Å². The van der Waals surface area contributed by atoms with Crippen LogP contribution in [0.1, 0.15) is 22.3 Å². The number of ether oxygens (including phenoxy) is 1. The third-order valence-electron chi connectivity index (χ3n) is 1.63. The van der Waals surface area contributed by atoms with Gasteiger partial charge < -0.3 is 4.74 Å². The summed E-state index contributed by atoms with van der Waals surface area (Å²) < 4.78 is 29.3. The largest absolute Gasteiger partial charge is 0.496 e. The predicted octanol–water partition coefficient (Wildman–Crippen LogP) is 2.45. The highest BCUT2D eigenvalue weighted by atomic mass is 19.3. The highest BCUT2D eigenvalue weighted by Gasteiger charge is 2.13. The van der Waals surface area contributed by atoms with E-state index in [9.17, 15) is 13.6 Å². The molecule has 1 aromatic carbocycles. The van der Waals surface area contributed by atoms with Crippen LogP contribution in [0.2, 0.25) is 0 Å². The Morgan fingerprint density at radius 3 is 2.62 bits per heavy atom. The minimum atomic E-state index is -2.59. The summed E-state index contributed by atoms with van der Waals surface area (Å²) in [5.74, 6) is 0.0413. The first-order valence-corrected chi connectivity index (χ1v) is 3.60. The highest BCUT2D eigenvalue weighted by molar-refractivity contribution is 5.75. The second-order valence-corrected chi connectivity index (χ2v) is 2.42. The summed E-state index contributed by atoms with van der Waals surface area (Å²) in [7, 11) is 1.29. The summed E-state index contributed by atoms with van der Waals surface area (Å²) in [6.45, 7) is 0. The van der Waals surface area contributed by atoms with E-state index in [1.54, 1.807) is 0 Å². The number of halogens is 2. The third-order valence-corrected chi connectivity index (χ3v) is 1.63. The molecule has 0 heterocycles. The summed E-state index contributed by atoms with van der Waals surface area (Å²) in [6.07, 6.45) is -2.01. The van der Waals surface area contributed by atoms with Gasteiger partial charge in [0.05, 0.1) is 12.7 Å². The molecule has 1 rings (SSSR count). The molecule has 4 heteroatoms. The van der Waals surface area contributed by atoms with Gasteiger partial charge in [0.2, 0.25) is 0 Å². The Bertz CT molecular complexity index is 310. The lowest BCUT2D eigenvalue weighted by Crippen LogP contribution is -1.93. The zero-order chi connectivity index (χ0) is 9.84. The van der Waals surface area contributed by atoms with Crippen LogP contribution in [0, 0.1) is 0 Å². The van der Waals surface area contributed by atoms with E-state index < -0.39 is 6.43 Å². The number of aldehydes is 1. The van der Waals surface area contributed by atoms with Gasteiger partial charge in [0.1, 0.15) is 12.0 Å². The van der Waals surface area contributed by atoms with Crippen molar-refractivity contribution in [1.82, 2.24) is 0 Å². The number of hydrogen-bond donors (Lipinski definition) is 0. The second-order valence-electron chi connectivity index (χ2n) is 2.42. The molecule has 0 unspecified atom stereocenters. The Morgan fingerprint density at radius 1 is 1.46 bits per heavy atom. The van der Waals surface area contributed by atoms with Crippen molar-refractivity contribution < 1.29 is 18.3 Å². The van der Waals surface area contributed by atoms with E-state index in [4.69, 9.17) is 4.74 Å². The van der Waals surface area contributed by atoms with E-state index >= 15 is 0 Å². The predicted molar refractivity (Wildman–Crippen MR) is 43.3 cm³/mol. The van der Waals surface area contributed by atoms with Crippen LogP contribution in [-0.4, -0.2) is 13.4 Å². The molecule has 0 amide bonds. The van der Waals surface area contributed by atoms with Crippen LogP contribution in [0.3, 0.4) is 0 Å². The van der Waals surface area contributed by atoms with Gasteiger partial charge in [-0.1, -0.05) is 6.07 Å². The Balaban J connectivity index is 3.15. The quantitative estimate of drug-likeness (QED) is 0.677.